The quantitative estimate of drug-likeness (QED) is 0.558. The van der Waals surface area contributed by atoms with Crippen LogP contribution in [0.2, 0.25) is 0 Å². The standard InChI is InChI=1S/C6H11NO2/c1-5(8)6-3-2-4-7(6)9/h6,9H,2-4H2,1H3. The Hall–Kier alpha value is -0.410. The van der Waals surface area contributed by atoms with E-state index in [0.29, 0.717) is 6.54 Å². The van der Waals surface area contributed by atoms with E-state index in [4.69, 9.17) is 5.21 Å². The molecular formula is C6H11NO2. The Morgan fingerprint density at radius 3 is 2.67 bits per heavy atom. The summed E-state index contributed by atoms with van der Waals surface area (Å²) in [7, 11) is 0. The van der Waals surface area contributed by atoms with Gasteiger partial charge >= 0.3 is 0 Å². The van der Waals surface area contributed by atoms with Crippen LogP contribution >= 0.6 is 0 Å². The molecule has 0 aliphatic carbocycles. The van der Waals surface area contributed by atoms with Crippen LogP contribution in [-0.2, 0) is 4.79 Å². The van der Waals surface area contributed by atoms with Gasteiger partial charge in [0.2, 0.25) is 0 Å². The number of Topliss-reactive ketones (excluding diaryl/α,β-unsaturated/α-hetero) is 1. The van der Waals surface area contributed by atoms with Crippen molar-refractivity contribution >= 4 is 5.78 Å². The Labute approximate surface area is 54.2 Å². The Bertz CT molecular complexity index is 124. The topological polar surface area (TPSA) is 40.5 Å². The number of ketones is 1. The zero-order valence-electron chi connectivity index (χ0n) is 5.50. The highest BCUT2D eigenvalue weighted by Crippen LogP contribution is 2.14. The van der Waals surface area contributed by atoms with Gasteiger partial charge in [0, 0.05) is 6.54 Å². The van der Waals surface area contributed by atoms with Crippen molar-refractivity contribution in [1.29, 1.82) is 0 Å². The molecule has 0 bridgehead atoms. The molecule has 0 spiro atoms. The predicted octanol–water partition coefficient (Wildman–Crippen LogP) is 0.429. The molecule has 0 aromatic carbocycles. The molecule has 3 nitrogen and oxygen atoms in total. The lowest BCUT2D eigenvalue weighted by atomic mass is 10.2. The smallest absolute Gasteiger partial charge is 0.149 e. The normalized spacial score (nSPS) is 28.9. The molecule has 1 N–H and O–H groups in total. The van der Waals surface area contributed by atoms with Gasteiger partial charge < -0.3 is 5.21 Å². The van der Waals surface area contributed by atoms with Crippen LogP contribution in [0.3, 0.4) is 0 Å². The molecule has 1 aliphatic rings. The summed E-state index contributed by atoms with van der Waals surface area (Å²) in [6, 6.07) is -0.218. The van der Waals surface area contributed by atoms with Crippen LogP contribution in [-0.4, -0.2) is 28.6 Å². The first kappa shape index (κ1) is 6.71. The number of hydrogen-bond donors (Lipinski definition) is 1. The minimum Gasteiger partial charge on any atom is -0.313 e. The zero-order valence-corrected chi connectivity index (χ0v) is 5.50. The third kappa shape index (κ3) is 1.28. The van der Waals surface area contributed by atoms with Gasteiger partial charge in [-0.3, -0.25) is 4.79 Å². The van der Waals surface area contributed by atoms with E-state index in [2.05, 4.69) is 0 Å². The summed E-state index contributed by atoms with van der Waals surface area (Å²) < 4.78 is 0. The molecule has 3 heteroatoms. The van der Waals surface area contributed by atoms with Crippen LogP contribution < -0.4 is 0 Å². The minimum atomic E-state index is -0.218. The van der Waals surface area contributed by atoms with Crippen LogP contribution in [0.4, 0.5) is 0 Å². The summed E-state index contributed by atoms with van der Waals surface area (Å²) in [6.07, 6.45) is 1.74. The molecule has 1 atom stereocenters. The third-order valence-electron chi connectivity index (χ3n) is 1.69. The Balaban J connectivity index is 2.49. The Morgan fingerprint density at radius 2 is 2.44 bits per heavy atom. The maximum absolute atomic E-state index is 10.7. The van der Waals surface area contributed by atoms with Crippen LogP contribution in [0.1, 0.15) is 19.8 Å². The van der Waals surface area contributed by atoms with Gasteiger partial charge in [-0.15, -0.1) is 0 Å². The molecule has 9 heavy (non-hydrogen) atoms. The van der Waals surface area contributed by atoms with E-state index in [1.165, 1.54) is 6.92 Å². The van der Waals surface area contributed by atoms with Crippen LogP contribution in [0.25, 0.3) is 0 Å². The summed E-state index contributed by atoms with van der Waals surface area (Å²) in [5, 5.41) is 10.1. The van der Waals surface area contributed by atoms with Crippen LogP contribution in [0, 0.1) is 0 Å². The molecule has 1 rings (SSSR count). The summed E-state index contributed by atoms with van der Waals surface area (Å²) in [5.41, 5.74) is 0. The van der Waals surface area contributed by atoms with Crippen LogP contribution in [0.15, 0.2) is 0 Å². The van der Waals surface area contributed by atoms with Crippen molar-refractivity contribution in [3.8, 4) is 0 Å². The maximum atomic E-state index is 10.7. The van der Waals surface area contributed by atoms with Crippen molar-refractivity contribution in [1.82, 2.24) is 5.06 Å². The van der Waals surface area contributed by atoms with E-state index in [9.17, 15) is 4.79 Å². The highest BCUT2D eigenvalue weighted by Gasteiger charge is 2.26. The van der Waals surface area contributed by atoms with Crippen LogP contribution in [0.5, 0.6) is 0 Å². The summed E-state index contributed by atoms with van der Waals surface area (Å²) in [6.45, 7) is 2.16. The molecule has 52 valence electrons. The fourth-order valence-electron chi connectivity index (χ4n) is 1.16. The van der Waals surface area contributed by atoms with Gasteiger partial charge in [-0.05, 0) is 19.8 Å². The van der Waals surface area contributed by atoms with Crippen molar-refractivity contribution in [2.24, 2.45) is 0 Å². The van der Waals surface area contributed by atoms with Crippen molar-refractivity contribution < 1.29 is 10.0 Å². The Morgan fingerprint density at radius 1 is 1.78 bits per heavy atom. The number of rotatable bonds is 1. The number of hydroxylamine groups is 2. The summed E-state index contributed by atoms with van der Waals surface area (Å²) in [4.78, 5) is 10.7. The van der Waals surface area contributed by atoms with Gasteiger partial charge in [0.15, 0.2) is 0 Å². The van der Waals surface area contributed by atoms with Gasteiger partial charge in [-0.2, -0.15) is 5.06 Å². The molecule has 1 heterocycles. The fraction of sp³-hybridized carbons (Fsp3) is 0.833. The second-order valence-electron chi connectivity index (χ2n) is 2.43. The first-order valence-corrected chi connectivity index (χ1v) is 3.18. The molecule has 1 aliphatic heterocycles. The molecule has 1 unspecified atom stereocenters. The zero-order chi connectivity index (χ0) is 6.85. The molecule has 0 aromatic rings. The van der Waals surface area contributed by atoms with E-state index in [0.717, 1.165) is 17.9 Å². The van der Waals surface area contributed by atoms with Gasteiger partial charge in [-0.25, -0.2) is 0 Å². The molecule has 0 aromatic heterocycles. The molecule has 0 radical (unpaired) electrons. The van der Waals surface area contributed by atoms with Crippen molar-refractivity contribution in [3.63, 3.8) is 0 Å². The number of hydrogen-bond acceptors (Lipinski definition) is 3. The van der Waals surface area contributed by atoms with Gasteiger partial charge in [0.05, 0.1) is 6.04 Å². The average Bonchev–Trinajstić information content (AvgIpc) is 2.13. The molecular weight excluding hydrogens is 118 g/mol. The minimum absolute atomic E-state index is 0.0648. The van der Waals surface area contributed by atoms with Crippen molar-refractivity contribution in [3.05, 3.63) is 0 Å². The lowest BCUT2D eigenvalue weighted by Crippen LogP contribution is -2.31. The SMILES string of the molecule is CC(=O)C1CCCN1O. The highest BCUT2D eigenvalue weighted by atomic mass is 16.5. The van der Waals surface area contributed by atoms with E-state index >= 15 is 0 Å². The fourth-order valence-corrected chi connectivity index (χ4v) is 1.16. The van der Waals surface area contributed by atoms with Gasteiger partial charge in [0.25, 0.3) is 0 Å². The second-order valence-corrected chi connectivity index (χ2v) is 2.43. The molecule has 0 saturated carbocycles. The van der Waals surface area contributed by atoms with E-state index in [1.807, 2.05) is 0 Å². The first-order chi connectivity index (χ1) is 4.22. The van der Waals surface area contributed by atoms with E-state index < -0.39 is 0 Å². The number of nitrogens with zero attached hydrogens (tertiary/aromatic N) is 1. The predicted molar refractivity (Wildman–Crippen MR) is 32.2 cm³/mol. The lowest BCUT2D eigenvalue weighted by Gasteiger charge is -2.12. The average molecular weight is 129 g/mol. The van der Waals surface area contributed by atoms with Crippen molar-refractivity contribution in [2.75, 3.05) is 6.54 Å². The second kappa shape index (κ2) is 2.45. The summed E-state index contributed by atoms with van der Waals surface area (Å²) in [5.74, 6) is 0.0648. The van der Waals surface area contributed by atoms with Gasteiger partial charge in [0.1, 0.15) is 5.78 Å². The largest absolute Gasteiger partial charge is 0.313 e. The van der Waals surface area contributed by atoms with Crippen molar-refractivity contribution in [2.45, 2.75) is 25.8 Å². The number of carbonyl (C=O) groups is 1. The van der Waals surface area contributed by atoms with E-state index in [1.54, 1.807) is 0 Å². The molecule has 1 saturated heterocycles. The van der Waals surface area contributed by atoms with Gasteiger partial charge in [-0.1, -0.05) is 0 Å². The Kier molecular flexibility index (Phi) is 1.83. The third-order valence-corrected chi connectivity index (χ3v) is 1.69. The maximum Gasteiger partial charge on any atom is 0.149 e. The summed E-state index contributed by atoms with van der Waals surface area (Å²) >= 11 is 0. The molecule has 0 amide bonds. The highest BCUT2D eigenvalue weighted by molar-refractivity contribution is 5.81. The number of carbonyl (C=O) groups excluding carboxylic acids is 1. The first-order valence-electron chi connectivity index (χ1n) is 3.18. The monoisotopic (exact) mass is 129 g/mol. The van der Waals surface area contributed by atoms with E-state index in [-0.39, 0.29) is 11.8 Å². The lowest BCUT2D eigenvalue weighted by molar-refractivity contribution is -0.141. The molecule has 1 fully saturated rings.